The molecule has 12 heavy (non-hydrogen) atoms. The van der Waals surface area contributed by atoms with E-state index >= 15 is 0 Å². The molecule has 0 heteroatoms. The van der Waals surface area contributed by atoms with Gasteiger partial charge in [-0.2, -0.15) is 0 Å². The van der Waals surface area contributed by atoms with Crippen LogP contribution in [-0.2, 0) is 0 Å². The molecule has 0 bridgehead atoms. The number of fused-ring (bicyclic) bond motifs is 1. The maximum Gasteiger partial charge on any atom is -0.0329 e. The molecule has 0 N–H and O–H groups in total. The van der Waals surface area contributed by atoms with Crippen LogP contribution in [0.1, 0.15) is 40.5 Å². The molecular formula is C12H22. The van der Waals surface area contributed by atoms with Crippen molar-refractivity contribution in [2.24, 2.45) is 35.5 Å². The van der Waals surface area contributed by atoms with E-state index in [9.17, 15) is 0 Å². The first-order chi connectivity index (χ1) is 5.61. The van der Waals surface area contributed by atoms with Crippen molar-refractivity contribution in [2.75, 3.05) is 0 Å². The quantitative estimate of drug-likeness (QED) is 0.588. The summed E-state index contributed by atoms with van der Waals surface area (Å²) in [5, 5.41) is 0. The van der Waals surface area contributed by atoms with Crippen LogP contribution in [0.4, 0.5) is 0 Å². The zero-order valence-electron chi connectivity index (χ0n) is 8.88. The Morgan fingerprint density at radius 3 is 2.00 bits per heavy atom. The summed E-state index contributed by atoms with van der Waals surface area (Å²) >= 11 is 0. The highest BCUT2D eigenvalue weighted by atomic mass is 14.6. The Hall–Kier alpha value is 0. The van der Waals surface area contributed by atoms with Crippen LogP contribution in [0.25, 0.3) is 0 Å². The minimum atomic E-state index is 0.921. The highest BCUT2D eigenvalue weighted by Crippen LogP contribution is 2.61. The highest BCUT2D eigenvalue weighted by molar-refractivity contribution is 5.03. The van der Waals surface area contributed by atoms with Gasteiger partial charge in [-0.05, 0) is 48.3 Å². The summed E-state index contributed by atoms with van der Waals surface area (Å²) in [7, 11) is 0. The summed E-state index contributed by atoms with van der Waals surface area (Å²) < 4.78 is 0. The second-order valence-corrected chi connectivity index (χ2v) is 5.62. The van der Waals surface area contributed by atoms with Crippen molar-refractivity contribution in [1.82, 2.24) is 0 Å². The molecule has 0 heterocycles. The second kappa shape index (κ2) is 2.75. The minimum Gasteiger partial charge on any atom is -0.0625 e. The minimum absolute atomic E-state index is 0.921. The first-order valence-electron chi connectivity index (χ1n) is 5.61. The Kier molecular flexibility index (Phi) is 1.97. The zero-order chi connectivity index (χ0) is 8.88. The molecule has 2 aliphatic rings. The fourth-order valence-electron chi connectivity index (χ4n) is 3.54. The molecule has 0 aromatic rings. The van der Waals surface area contributed by atoms with Crippen LogP contribution in [0.3, 0.4) is 0 Å². The van der Waals surface area contributed by atoms with E-state index in [-0.39, 0.29) is 0 Å². The first kappa shape index (κ1) is 8.59. The molecule has 2 saturated carbocycles. The Labute approximate surface area is 76.7 Å². The van der Waals surface area contributed by atoms with Crippen molar-refractivity contribution in [2.45, 2.75) is 40.5 Å². The lowest BCUT2D eigenvalue weighted by molar-refractivity contribution is 0.201. The Morgan fingerprint density at radius 1 is 0.917 bits per heavy atom. The van der Waals surface area contributed by atoms with E-state index in [1.54, 1.807) is 12.8 Å². The smallest absolute Gasteiger partial charge is 0.0329 e. The summed E-state index contributed by atoms with van der Waals surface area (Å²) in [5.41, 5.74) is 0. The van der Waals surface area contributed by atoms with Gasteiger partial charge < -0.3 is 0 Å². The molecule has 0 radical (unpaired) electrons. The average molecular weight is 166 g/mol. The summed E-state index contributed by atoms with van der Waals surface area (Å²) in [6, 6.07) is 0. The van der Waals surface area contributed by atoms with Gasteiger partial charge in [0.2, 0.25) is 0 Å². The van der Waals surface area contributed by atoms with Gasteiger partial charge in [-0.25, -0.2) is 0 Å². The molecule has 2 aliphatic carbocycles. The molecule has 70 valence electrons. The molecule has 0 aliphatic heterocycles. The topological polar surface area (TPSA) is 0 Å². The molecule has 0 nitrogen and oxygen atoms in total. The Bertz CT molecular complexity index is 169. The van der Waals surface area contributed by atoms with Gasteiger partial charge in [-0.3, -0.25) is 0 Å². The fourth-order valence-corrected chi connectivity index (χ4v) is 3.54. The van der Waals surface area contributed by atoms with Crippen molar-refractivity contribution in [3.63, 3.8) is 0 Å². The Balaban J connectivity index is 2.06. The summed E-state index contributed by atoms with van der Waals surface area (Å²) in [4.78, 5) is 0. The van der Waals surface area contributed by atoms with Crippen molar-refractivity contribution in [1.29, 1.82) is 0 Å². The van der Waals surface area contributed by atoms with Crippen LogP contribution < -0.4 is 0 Å². The number of hydrogen-bond donors (Lipinski definition) is 0. The summed E-state index contributed by atoms with van der Waals surface area (Å²) in [6.45, 7) is 9.65. The molecule has 0 aromatic carbocycles. The Morgan fingerprint density at radius 2 is 1.58 bits per heavy atom. The maximum absolute atomic E-state index is 2.42. The first-order valence-corrected chi connectivity index (χ1v) is 5.61. The third-order valence-corrected chi connectivity index (χ3v) is 4.17. The van der Waals surface area contributed by atoms with Crippen molar-refractivity contribution < 1.29 is 0 Å². The number of rotatable bonds is 2. The molecule has 4 atom stereocenters. The van der Waals surface area contributed by atoms with Crippen molar-refractivity contribution in [3.8, 4) is 0 Å². The summed E-state index contributed by atoms with van der Waals surface area (Å²) in [5.74, 6) is 6.24. The summed E-state index contributed by atoms with van der Waals surface area (Å²) in [6.07, 6.45) is 3.11. The highest BCUT2D eigenvalue weighted by Gasteiger charge is 2.54. The lowest BCUT2D eigenvalue weighted by Gasteiger charge is -2.29. The van der Waals surface area contributed by atoms with Gasteiger partial charge >= 0.3 is 0 Å². The molecule has 2 unspecified atom stereocenters. The van der Waals surface area contributed by atoms with E-state index in [1.165, 1.54) is 0 Å². The molecule has 0 amide bonds. The zero-order valence-corrected chi connectivity index (χ0v) is 8.88. The maximum atomic E-state index is 2.42. The van der Waals surface area contributed by atoms with Crippen LogP contribution >= 0.6 is 0 Å². The molecule has 2 rings (SSSR count). The van der Waals surface area contributed by atoms with Gasteiger partial charge in [-0.1, -0.05) is 27.7 Å². The molecule has 0 saturated heterocycles. The molecular weight excluding hydrogens is 144 g/mol. The lowest BCUT2D eigenvalue weighted by Crippen LogP contribution is -2.22. The predicted molar refractivity (Wildman–Crippen MR) is 52.9 cm³/mol. The van der Waals surface area contributed by atoms with Gasteiger partial charge in [-0.15, -0.1) is 0 Å². The molecule has 0 spiro atoms. The fraction of sp³-hybridized carbons (Fsp3) is 1.00. The molecule has 0 aromatic heterocycles. The van der Waals surface area contributed by atoms with Crippen LogP contribution in [0, 0.1) is 35.5 Å². The van der Waals surface area contributed by atoms with E-state index < -0.39 is 0 Å². The van der Waals surface area contributed by atoms with Gasteiger partial charge in [0.1, 0.15) is 0 Å². The van der Waals surface area contributed by atoms with Crippen LogP contribution in [0.5, 0.6) is 0 Å². The van der Waals surface area contributed by atoms with Gasteiger partial charge in [0.05, 0.1) is 0 Å². The van der Waals surface area contributed by atoms with E-state index in [2.05, 4.69) is 27.7 Å². The van der Waals surface area contributed by atoms with E-state index in [1.807, 2.05) is 0 Å². The van der Waals surface area contributed by atoms with Gasteiger partial charge in [0, 0.05) is 0 Å². The van der Waals surface area contributed by atoms with Crippen LogP contribution in [0.2, 0.25) is 0 Å². The number of hydrogen-bond acceptors (Lipinski definition) is 0. The average Bonchev–Trinajstić information content (AvgIpc) is 2.60. The van der Waals surface area contributed by atoms with Gasteiger partial charge in [0.15, 0.2) is 0 Å². The third-order valence-electron chi connectivity index (χ3n) is 4.17. The third kappa shape index (κ3) is 1.20. The largest absolute Gasteiger partial charge is 0.0625 e. The molecule has 2 fully saturated rings. The van der Waals surface area contributed by atoms with E-state index in [0.29, 0.717) is 0 Å². The van der Waals surface area contributed by atoms with E-state index in [0.717, 1.165) is 35.5 Å². The van der Waals surface area contributed by atoms with Crippen LogP contribution in [0.15, 0.2) is 0 Å². The normalized spacial score (nSPS) is 45.5. The predicted octanol–water partition coefficient (Wildman–Crippen LogP) is 3.57. The lowest BCUT2D eigenvalue weighted by atomic mass is 9.77. The van der Waals surface area contributed by atoms with Crippen LogP contribution in [-0.4, -0.2) is 0 Å². The SMILES string of the molecule is CC(C)C1C[C@H]2C[C@H]2C1C(C)C. The van der Waals surface area contributed by atoms with Gasteiger partial charge in [0.25, 0.3) is 0 Å². The second-order valence-electron chi connectivity index (χ2n) is 5.62. The van der Waals surface area contributed by atoms with Crippen molar-refractivity contribution >= 4 is 0 Å². The standard InChI is InChI=1S/C12H22/c1-7(2)10-5-9-6-11(9)12(10)8(3)4/h7-12H,5-6H2,1-4H3/t9-,10?,11+,12?/m0/s1. The van der Waals surface area contributed by atoms with Crippen molar-refractivity contribution in [3.05, 3.63) is 0 Å². The van der Waals surface area contributed by atoms with E-state index in [4.69, 9.17) is 0 Å². The monoisotopic (exact) mass is 166 g/mol.